The van der Waals surface area contributed by atoms with Crippen LogP contribution in [0.1, 0.15) is 0 Å². The van der Waals surface area contributed by atoms with E-state index in [1.165, 1.54) is 0 Å². The number of nitro groups is 1. The third kappa shape index (κ3) is 3.04. The molecule has 0 saturated carbocycles. The summed E-state index contributed by atoms with van der Waals surface area (Å²) in [6.07, 6.45) is 0. The summed E-state index contributed by atoms with van der Waals surface area (Å²) >= 11 is 5.57. The van der Waals surface area contributed by atoms with Gasteiger partial charge in [0, 0.05) is 6.07 Å². The Morgan fingerprint density at radius 3 is 2.50 bits per heavy atom. The first-order chi connectivity index (χ1) is 8.32. The Morgan fingerprint density at radius 1 is 1.39 bits per heavy atom. The van der Waals surface area contributed by atoms with Crippen molar-refractivity contribution in [3.63, 3.8) is 0 Å². The van der Waals surface area contributed by atoms with Gasteiger partial charge in [-0.3, -0.25) is 10.1 Å². The van der Waals surface area contributed by atoms with Gasteiger partial charge >= 0.3 is 0 Å². The van der Waals surface area contributed by atoms with E-state index in [9.17, 15) is 14.5 Å². The van der Waals surface area contributed by atoms with Crippen molar-refractivity contribution in [3.8, 4) is 0 Å². The van der Waals surface area contributed by atoms with Crippen LogP contribution >= 0.6 is 11.6 Å². The predicted octanol–water partition coefficient (Wildman–Crippen LogP) is 0.607. The number of benzene rings is 1. The summed E-state index contributed by atoms with van der Waals surface area (Å²) in [6, 6.07) is 1.75. The fourth-order valence-electron chi connectivity index (χ4n) is 1.06. The van der Waals surface area contributed by atoms with Crippen LogP contribution in [0.4, 0.5) is 15.8 Å². The summed E-state index contributed by atoms with van der Waals surface area (Å²) in [5, 5.41) is 10.2. The molecule has 6 N–H and O–H groups in total. The van der Waals surface area contributed by atoms with E-state index < -0.39 is 39.1 Å². The SMILES string of the molecule is NC(N)=NC(N)=Nc1c([N+](=O)[O-])ccc(F)c1Cl. The Balaban J connectivity index is 3.43. The number of guanidine groups is 2. The number of nitrogens with two attached hydrogens (primary N) is 3. The van der Waals surface area contributed by atoms with Gasteiger partial charge in [-0.15, -0.1) is 0 Å². The monoisotopic (exact) mass is 274 g/mol. The van der Waals surface area contributed by atoms with Crippen molar-refractivity contribution in [3.05, 3.63) is 33.1 Å². The topological polar surface area (TPSA) is 146 Å². The molecule has 0 unspecified atom stereocenters. The highest BCUT2D eigenvalue weighted by Crippen LogP contribution is 2.36. The average molecular weight is 275 g/mol. The molecule has 0 atom stereocenters. The Labute approximate surface area is 105 Å². The molecular formula is C8H8ClFN6O2. The molecule has 0 bridgehead atoms. The molecule has 1 aromatic rings. The average Bonchev–Trinajstić information content (AvgIpc) is 2.23. The van der Waals surface area contributed by atoms with E-state index in [1.807, 2.05) is 0 Å². The molecule has 0 spiro atoms. The molecule has 0 amide bonds. The standard InChI is InChI=1S/C8H8ClFN6O2/c9-5-3(10)1-2-4(16(17)18)6(5)14-8(13)15-7(11)12/h1-2H,(H6,11,12,13,14,15). The van der Waals surface area contributed by atoms with Crippen LogP contribution in [0.5, 0.6) is 0 Å². The molecule has 96 valence electrons. The Hall–Kier alpha value is -2.42. The molecule has 0 aliphatic rings. The molecule has 10 heteroatoms. The zero-order chi connectivity index (χ0) is 13.9. The van der Waals surface area contributed by atoms with Crippen LogP contribution in [-0.2, 0) is 0 Å². The smallest absolute Gasteiger partial charge is 0.296 e. The van der Waals surface area contributed by atoms with Gasteiger partial charge in [-0.05, 0) is 6.07 Å². The molecule has 8 nitrogen and oxygen atoms in total. The van der Waals surface area contributed by atoms with Crippen molar-refractivity contribution in [2.24, 2.45) is 27.2 Å². The maximum Gasteiger partial charge on any atom is 0.296 e. The summed E-state index contributed by atoms with van der Waals surface area (Å²) in [4.78, 5) is 16.8. The zero-order valence-corrected chi connectivity index (χ0v) is 9.56. The normalized spacial score (nSPS) is 11.1. The minimum absolute atomic E-state index is 0.397. The third-order valence-corrected chi connectivity index (χ3v) is 2.07. The van der Waals surface area contributed by atoms with Crippen molar-refractivity contribution < 1.29 is 9.31 Å². The van der Waals surface area contributed by atoms with Crippen LogP contribution in [0.25, 0.3) is 0 Å². The molecule has 0 radical (unpaired) electrons. The van der Waals surface area contributed by atoms with E-state index in [1.54, 1.807) is 0 Å². The van der Waals surface area contributed by atoms with Crippen molar-refractivity contribution >= 4 is 34.9 Å². The van der Waals surface area contributed by atoms with Crippen molar-refractivity contribution in [2.75, 3.05) is 0 Å². The van der Waals surface area contributed by atoms with E-state index >= 15 is 0 Å². The van der Waals surface area contributed by atoms with E-state index in [4.69, 9.17) is 28.8 Å². The fraction of sp³-hybridized carbons (Fsp3) is 0. The highest BCUT2D eigenvalue weighted by Gasteiger charge is 2.20. The summed E-state index contributed by atoms with van der Waals surface area (Å²) < 4.78 is 13.2. The molecule has 0 aliphatic heterocycles. The maximum atomic E-state index is 13.2. The minimum atomic E-state index is -0.876. The van der Waals surface area contributed by atoms with E-state index in [0.717, 1.165) is 12.1 Å². The Bertz CT molecular complexity index is 555. The van der Waals surface area contributed by atoms with Crippen LogP contribution in [0.2, 0.25) is 5.02 Å². The summed E-state index contributed by atoms with van der Waals surface area (Å²) in [7, 11) is 0. The summed E-state index contributed by atoms with van der Waals surface area (Å²) in [5.74, 6) is -1.75. The molecule has 1 rings (SSSR count). The molecular weight excluding hydrogens is 267 g/mol. The number of halogens is 2. The quantitative estimate of drug-likeness (QED) is 0.313. The third-order valence-electron chi connectivity index (χ3n) is 1.71. The van der Waals surface area contributed by atoms with Crippen molar-refractivity contribution in [1.82, 2.24) is 0 Å². The van der Waals surface area contributed by atoms with Crippen LogP contribution in [0, 0.1) is 15.9 Å². The van der Waals surface area contributed by atoms with Crippen LogP contribution in [0.15, 0.2) is 22.1 Å². The van der Waals surface area contributed by atoms with Gasteiger partial charge in [-0.25, -0.2) is 9.38 Å². The lowest BCUT2D eigenvalue weighted by Gasteiger charge is -2.02. The molecule has 0 aliphatic carbocycles. The first kappa shape index (κ1) is 13.6. The van der Waals surface area contributed by atoms with Crippen LogP contribution in [-0.4, -0.2) is 16.8 Å². The van der Waals surface area contributed by atoms with Gasteiger partial charge in [0.2, 0.25) is 5.96 Å². The summed E-state index contributed by atoms with van der Waals surface area (Å²) in [5.41, 5.74) is 14.4. The number of hydrogen-bond acceptors (Lipinski definition) is 3. The first-order valence-corrected chi connectivity index (χ1v) is 4.77. The van der Waals surface area contributed by atoms with Gasteiger partial charge in [-0.2, -0.15) is 4.99 Å². The van der Waals surface area contributed by atoms with Crippen LogP contribution < -0.4 is 17.2 Å². The van der Waals surface area contributed by atoms with Crippen molar-refractivity contribution in [2.45, 2.75) is 0 Å². The molecule has 0 heterocycles. The first-order valence-electron chi connectivity index (χ1n) is 4.39. The highest BCUT2D eigenvalue weighted by molar-refractivity contribution is 6.33. The number of nitrogens with zero attached hydrogens (tertiary/aromatic N) is 3. The fourth-order valence-corrected chi connectivity index (χ4v) is 1.26. The number of rotatable bonds is 2. The Morgan fingerprint density at radius 2 is 2.00 bits per heavy atom. The molecule has 0 saturated heterocycles. The number of nitro benzene ring substituents is 1. The maximum absolute atomic E-state index is 13.2. The second kappa shape index (κ2) is 5.27. The molecule has 18 heavy (non-hydrogen) atoms. The van der Waals surface area contributed by atoms with Gasteiger partial charge in [-0.1, -0.05) is 11.6 Å². The minimum Gasteiger partial charge on any atom is -0.370 e. The van der Waals surface area contributed by atoms with Gasteiger partial charge in [0.05, 0.1) is 4.92 Å². The van der Waals surface area contributed by atoms with Gasteiger partial charge in [0.25, 0.3) is 5.69 Å². The van der Waals surface area contributed by atoms with Gasteiger partial charge < -0.3 is 17.2 Å². The molecule has 0 fully saturated rings. The van der Waals surface area contributed by atoms with E-state index in [0.29, 0.717) is 0 Å². The summed E-state index contributed by atoms with van der Waals surface area (Å²) in [6.45, 7) is 0. The lowest BCUT2D eigenvalue weighted by molar-refractivity contribution is -0.384. The predicted molar refractivity (Wildman–Crippen MR) is 65.2 cm³/mol. The van der Waals surface area contributed by atoms with Gasteiger partial charge in [0.1, 0.15) is 10.8 Å². The van der Waals surface area contributed by atoms with E-state index in [-0.39, 0.29) is 0 Å². The number of aliphatic imine (C=N–C) groups is 2. The number of hydrogen-bond donors (Lipinski definition) is 3. The Kier molecular flexibility index (Phi) is 4.00. The lowest BCUT2D eigenvalue weighted by Crippen LogP contribution is -2.26. The second-order valence-electron chi connectivity index (χ2n) is 2.99. The second-order valence-corrected chi connectivity index (χ2v) is 3.37. The molecule has 1 aromatic carbocycles. The van der Waals surface area contributed by atoms with E-state index in [2.05, 4.69) is 9.98 Å². The van der Waals surface area contributed by atoms with Crippen molar-refractivity contribution in [1.29, 1.82) is 0 Å². The highest BCUT2D eigenvalue weighted by atomic mass is 35.5. The zero-order valence-electron chi connectivity index (χ0n) is 8.80. The molecule has 0 aromatic heterocycles. The lowest BCUT2D eigenvalue weighted by atomic mass is 10.2. The largest absolute Gasteiger partial charge is 0.370 e. The van der Waals surface area contributed by atoms with Crippen LogP contribution in [0.3, 0.4) is 0 Å². The van der Waals surface area contributed by atoms with Gasteiger partial charge in [0.15, 0.2) is 11.6 Å².